The molecule has 1 unspecified atom stereocenters. The van der Waals surface area contributed by atoms with Gasteiger partial charge in [0, 0.05) is 28.8 Å². The van der Waals surface area contributed by atoms with Crippen molar-refractivity contribution in [1.82, 2.24) is 10.3 Å². The van der Waals surface area contributed by atoms with E-state index < -0.39 is 11.6 Å². The Hall–Kier alpha value is -0.850. The number of halogens is 4. The van der Waals surface area contributed by atoms with Gasteiger partial charge in [-0.15, -0.1) is 0 Å². The molecule has 2 nitrogen and oxygen atoms in total. The summed E-state index contributed by atoms with van der Waals surface area (Å²) in [6.07, 6.45) is 2.29. The molecule has 0 aliphatic heterocycles. The van der Waals surface area contributed by atoms with Crippen molar-refractivity contribution in [2.75, 3.05) is 7.05 Å². The van der Waals surface area contributed by atoms with E-state index in [1.807, 2.05) is 12.1 Å². The maximum atomic E-state index is 13.6. The van der Waals surface area contributed by atoms with Gasteiger partial charge in [0.25, 0.3) is 0 Å². The summed E-state index contributed by atoms with van der Waals surface area (Å²) in [5.74, 6) is -1.73. The van der Waals surface area contributed by atoms with Crippen LogP contribution in [0.15, 0.2) is 39.4 Å². The fraction of sp³-hybridized carbons (Fsp3) is 0.214. The van der Waals surface area contributed by atoms with Gasteiger partial charge in [0.05, 0.1) is 4.47 Å². The van der Waals surface area contributed by atoms with E-state index in [1.165, 1.54) is 0 Å². The summed E-state index contributed by atoms with van der Waals surface area (Å²) in [5.41, 5.74) is 1.53. The molecule has 20 heavy (non-hydrogen) atoms. The zero-order valence-electron chi connectivity index (χ0n) is 10.6. The van der Waals surface area contributed by atoms with Crippen molar-refractivity contribution in [3.8, 4) is 0 Å². The monoisotopic (exact) mass is 404 g/mol. The summed E-state index contributed by atoms with van der Waals surface area (Å²) in [6.45, 7) is 0. The molecule has 2 aromatic rings. The second-order valence-corrected chi connectivity index (χ2v) is 5.99. The van der Waals surface area contributed by atoms with Crippen LogP contribution >= 0.6 is 31.9 Å². The molecule has 1 aromatic carbocycles. The molecule has 106 valence electrons. The molecule has 1 aromatic heterocycles. The van der Waals surface area contributed by atoms with E-state index in [-0.39, 0.29) is 10.5 Å². The lowest BCUT2D eigenvalue weighted by Gasteiger charge is -2.18. The van der Waals surface area contributed by atoms with Crippen molar-refractivity contribution >= 4 is 31.9 Å². The SMILES string of the molecule is CNC(Cc1ccc(Br)cn1)c1ccc(F)c(F)c1Br. The zero-order valence-corrected chi connectivity index (χ0v) is 13.8. The van der Waals surface area contributed by atoms with Gasteiger partial charge in [-0.25, -0.2) is 8.78 Å². The molecular formula is C14H12Br2F2N2. The molecule has 0 radical (unpaired) electrons. The Kier molecular flexibility index (Phi) is 5.23. The minimum atomic E-state index is -0.869. The van der Waals surface area contributed by atoms with Gasteiger partial charge in [0.15, 0.2) is 11.6 Å². The molecule has 1 heterocycles. The number of hydrogen-bond acceptors (Lipinski definition) is 2. The maximum absolute atomic E-state index is 13.6. The largest absolute Gasteiger partial charge is 0.313 e. The predicted octanol–water partition coefficient (Wildman–Crippen LogP) is 4.39. The molecule has 0 aliphatic rings. The first-order valence-corrected chi connectivity index (χ1v) is 7.52. The highest BCUT2D eigenvalue weighted by atomic mass is 79.9. The summed E-state index contributed by atoms with van der Waals surface area (Å²) in [4.78, 5) is 4.29. The van der Waals surface area contributed by atoms with Crippen LogP contribution in [0.1, 0.15) is 17.3 Å². The summed E-state index contributed by atoms with van der Waals surface area (Å²) in [7, 11) is 1.78. The number of rotatable bonds is 4. The molecule has 0 saturated carbocycles. The van der Waals surface area contributed by atoms with E-state index in [0.29, 0.717) is 12.0 Å². The number of nitrogens with one attached hydrogen (secondary N) is 1. The predicted molar refractivity (Wildman–Crippen MR) is 81.5 cm³/mol. The van der Waals surface area contributed by atoms with E-state index >= 15 is 0 Å². The number of likely N-dealkylation sites (N-methyl/N-ethyl adjacent to an activating group) is 1. The first-order valence-electron chi connectivity index (χ1n) is 5.94. The summed E-state index contributed by atoms with van der Waals surface area (Å²) >= 11 is 6.44. The van der Waals surface area contributed by atoms with Gasteiger partial charge in [-0.2, -0.15) is 0 Å². The lowest BCUT2D eigenvalue weighted by Crippen LogP contribution is -2.20. The van der Waals surface area contributed by atoms with Gasteiger partial charge < -0.3 is 5.32 Å². The average Bonchev–Trinajstić information content (AvgIpc) is 2.45. The smallest absolute Gasteiger partial charge is 0.173 e. The van der Waals surface area contributed by atoms with Crippen LogP contribution in [0.4, 0.5) is 8.78 Å². The second-order valence-electron chi connectivity index (χ2n) is 4.28. The van der Waals surface area contributed by atoms with E-state index in [0.717, 1.165) is 16.2 Å². The Labute approximate surface area is 132 Å². The van der Waals surface area contributed by atoms with Gasteiger partial charge in [-0.3, -0.25) is 4.98 Å². The minimum absolute atomic E-state index is 0.147. The van der Waals surface area contributed by atoms with Crippen LogP contribution in [0.3, 0.4) is 0 Å². The molecule has 0 spiro atoms. The van der Waals surface area contributed by atoms with Gasteiger partial charge >= 0.3 is 0 Å². The molecule has 1 atom stereocenters. The van der Waals surface area contributed by atoms with E-state index in [4.69, 9.17) is 0 Å². The van der Waals surface area contributed by atoms with Gasteiger partial charge in [0.2, 0.25) is 0 Å². The van der Waals surface area contributed by atoms with E-state index in [9.17, 15) is 8.78 Å². The molecule has 0 amide bonds. The van der Waals surface area contributed by atoms with Crippen LogP contribution < -0.4 is 5.32 Å². The van der Waals surface area contributed by atoms with Crippen molar-refractivity contribution in [3.63, 3.8) is 0 Å². The standard InChI is InChI=1S/C14H12Br2F2N2/c1-19-12(6-9-3-2-8(15)7-20-9)10-4-5-11(17)14(18)13(10)16/h2-5,7,12,19H,6H2,1H3. The molecule has 1 N–H and O–H groups in total. The summed E-state index contributed by atoms with van der Waals surface area (Å²) in [5, 5.41) is 3.10. The third-order valence-corrected chi connectivity index (χ3v) is 4.27. The number of pyridine rings is 1. The third kappa shape index (κ3) is 3.42. The molecule has 2 rings (SSSR count). The molecule has 0 fully saturated rings. The summed E-state index contributed by atoms with van der Waals surface area (Å²) in [6, 6.07) is 6.34. The first kappa shape index (κ1) is 15.5. The maximum Gasteiger partial charge on any atom is 0.173 e. The highest BCUT2D eigenvalue weighted by molar-refractivity contribution is 9.10. The van der Waals surface area contributed by atoms with Crippen LogP contribution in [-0.2, 0) is 6.42 Å². The number of nitrogens with zero attached hydrogens (tertiary/aromatic N) is 1. The van der Waals surface area contributed by atoms with Crippen molar-refractivity contribution in [1.29, 1.82) is 0 Å². The molecular weight excluding hydrogens is 394 g/mol. The molecule has 0 bridgehead atoms. The first-order chi connectivity index (χ1) is 9.52. The Morgan fingerprint density at radius 2 is 1.95 bits per heavy atom. The number of aromatic nitrogens is 1. The van der Waals surface area contributed by atoms with Crippen molar-refractivity contribution < 1.29 is 8.78 Å². The highest BCUT2D eigenvalue weighted by Crippen LogP contribution is 2.29. The Morgan fingerprint density at radius 1 is 1.20 bits per heavy atom. The van der Waals surface area contributed by atoms with Crippen LogP contribution in [0.25, 0.3) is 0 Å². The molecule has 0 aliphatic carbocycles. The fourth-order valence-corrected chi connectivity index (χ4v) is 2.75. The number of hydrogen-bond donors (Lipinski definition) is 1. The van der Waals surface area contributed by atoms with Crippen molar-refractivity contribution in [3.05, 3.63) is 62.3 Å². The van der Waals surface area contributed by atoms with Crippen molar-refractivity contribution in [2.24, 2.45) is 0 Å². The average molecular weight is 406 g/mol. The topological polar surface area (TPSA) is 24.9 Å². The lowest BCUT2D eigenvalue weighted by atomic mass is 10.0. The Bertz CT molecular complexity index is 603. The number of benzene rings is 1. The third-order valence-electron chi connectivity index (χ3n) is 2.99. The second kappa shape index (κ2) is 6.74. The molecule has 6 heteroatoms. The van der Waals surface area contributed by atoms with Crippen LogP contribution in [0.2, 0.25) is 0 Å². The van der Waals surface area contributed by atoms with Crippen LogP contribution in [0.5, 0.6) is 0 Å². The van der Waals surface area contributed by atoms with Gasteiger partial charge in [-0.05, 0) is 62.7 Å². The minimum Gasteiger partial charge on any atom is -0.313 e. The zero-order chi connectivity index (χ0) is 14.7. The van der Waals surface area contributed by atoms with Crippen LogP contribution in [-0.4, -0.2) is 12.0 Å². The molecule has 0 saturated heterocycles. The Balaban J connectivity index is 2.29. The quantitative estimate of drug-likeness (QED) is 0.763. The highest BCUT2D eigenvalue weighted by Gasteiger charge is 2.18. The van der Waals surface area contributed by atoms with E-state index in [2.05, 4.69) is 42.2 Å². The fourth-order valence-electron chi connectivity index (χ4n) is 1.91. The van der Waals surface area contributed by atoms with Crippen molar-refractivity contribution in [2.45, 2.75) is 12.5 Å². The summed E-state index contributed by atoms with van der Waals surface area (Å²) < 4.78 is 27.8. The van der Waals surface area contributed by atoms with Gasteiger partial charge in [-0.1, -0.05) is 6.07 Å². The van der Waals surface area contributed by atoms with Crippen LogP contribution in [0, 0.1) is 11.6 Å². The van der Waals surface area contributed by atoms with E-state index in [1.54, 1.807) is 19.3 Å². The van der Waals surface area contributed by atoms with Gasteiger partial charge in [0.1, 0.15) is 0 Å². The lowest BCUT2D eigenvalue weighted by molar-refractivity contribution is 0.495. The normalized spacial score (nSPS) is 12.4. The Morgan fingerprint density at radius 3 is 2.55 bits per heavy atom.